The van der Waals surface area contributed by atoms with Crippen molar-refractivity contribution in [1.29, 1.82) is 5.41 Å². The van der Waals surface area contributed by atoms with Gasteiger partial charge in [-0.25, -0.2) is 14.2 Å². The zero-order valence-electron chi connectivity index (χ0n) is 18.6. The zero-order chi connectivity index (χ0) is 25.1. The van der Waals surface area contributed by atoms with Crippen molar-refractivity contribution in [2.45, 2.75) is 6.04 Å². The van der Waals surface area contributed by atoms with Crippen molar-refractivity contribution in [3.8, 4) is 17.3 Å². The molecule has 0 spiro atoms. The molecule has 2 heterocycles. The van der Waals surface area contributed by atoms with E-state index in [9.17, 15) is 9.59 Å². The molecule has 1 atom stereocenters. The third-order valence-electron chi connectivity index (χ3n) is 5.12. The molecule has 35 heavy (non-hydrogen) atoms. The number of nitrogens with zero attached hydrogens (tertiary/aromatic N) is 3. The zero-order valence-corrected chi connectivity index (χ0v) is 18.6. The Bertz CT molecular complexity index is 1490. The van der Waals surface area contributed by atoms with E-state index in [0.29, 0.717) is 11.3 Å². The number of hydrogen-bond acceptors (Lipinski definition) is 8. The van der Waals surface area contributed by atoms with Crippen LogP contribution in [0.3, 0.4) is 0 Å². The molecule has 2 aromatic heterocycles. The molecule has 1 unspecified atom stereocenters. The Hall–Kier alpha value is -4.94. The lowest BCUT2D eigenvalue weighted by Gasteiger charge is -2.20. The Morgan fingerprint density at radius 3 is 2.49 bits per heavy atom. The molecule has 0 bridgehead atoms. The third-order valence-corrected chi connectivity index (χ3v) is 5.12. The first-order valence-electron chi connectivity index (χ1n) is 10.2. The first-order valence-corrected chi connectivity index (χ1v) is 10.2. The summed E-state index contributed by atoms with van der Waals surface area (Å²) in [7, 11) is 2.79. The Balaban J connectivity index is 1.85. The van der Waals surface area contributed by atoms with E-state index < -0.39 is 23.1 Å². The van der Waals surface area contributed by atoms with Gasteiger partial charge < -0.3 is 25.5 Å². The van der Waals surface area contributed by atoms with Gasteiger partial charge in [-0.05, 0) is 30.3 Å². The average Bonchev–Trinajstić information content (AvgIpc) is 3.24. The molecule has 12 nitrogen and oxygen atoms in total. The van der Waals surface area contributed by atoms with Gasteiger partial charge in [0.05, 0.1) is 14.2 Å². The molecule has 0 aliphatic heterocycles. The van der Waals surface area contributed by atoms with Gasteiger partial charge in [-0.15, -0.1) is 5.10 Å². The van der Waals surface area contributed by atoms with Gasteiger partial charge >= 0.3 is 5.69 Å². The number of amidine groups is 1. The summed E-state index contributed by atoms with van der Waals surface area (Å²) in [6.45, 7) is 0. The number of aromatic nitrogens is 5. The third kappa shape index (κ3) is 4.59. The quantitative estimate of drug-likeness (QED) is 0.185. The van der Waals surface area contributed by atoms with Gasteiger partial charge in [0.1, 0.15) is 17.7 Å². The van der Waals surface area contributed by atoms with Crippen molar-refractivity contribution < 1.29 is 13.9 Å². The van der Waals surface area contributed by atoms with Crippen molar-refractivity contribution >= 4 is 11.5 Å². The van der Waals surface area contributed by atoms with Gasteiger partial charge in [-0.1, -0.05) is 0 Å². The van der Waals surface area contributed by atoms with Crippen LogP contribution >= 0.6 is 0 Å². The lowest BCUT2D eigenvalue weighted by atomic mass is 10.0. The average molecular weight is 480 g/mol. The van der Waals surface area contributed by atoms with Crippen LogP contribution in [0.4, 0.5) is 10.1 Å². The van der Waals surface area contributed by atoms with Crippen molar-refractivity contribution in [3.05, 3.63) is 92.4 Å². The van der Waals surface area contributed by atoms with Crippen LogP contribution in [0.5, 0.6) is 11.5 Å². The van der Waals surface area contributed by atoms with Crippen LogP contribution < -0.4 is 31.8 Å². The maximum Gasteiger partial charge on any atom is 0.349 e. The molecule has 0 radical (unpaired) electrons. The fraction of sp³-hybridized carbons (Fsp3) is 0.136. The molecule has 0 fully saturated rings. The predicted octanol–water partition coefficient (Wildman–Crippen LogP) is 1.29. The lowest BCUT2D eigenvalue weighted by Crippen LogP contribution is -2.25. The molecule has 180 valence electrons. The summed E-state index contributed by atoms with van der Waals surface area (Å²) in [6.07, 6.45) is 2.62. The van der Waals surface area contributed by atoms with E-state index >= 15 is 4.39 Å². The summed E-state index contributed by atoms with van der Waals surface area (Å²) in [6, 6.07) is 8.04. The minimum absolute atomic E-state index is 0.00168. The van der Waals surface area contributed by atoms with Gasteiger partial charge in [0.2, 0.25) is 5.82 Å². The summed E-state index contributed by atoms with van der Waals surface area (Å²) < 4.78 is 26.5. The number of methoxy groups -OCH3 is 2. The summed E-state index contributed by atoms with van der Waals surface area (Å²) in [5, 5.41) is 14.9. The van der Waals surface area contributed by atoms with E-state index in [-0.39, 0.29) is 34.5 Å². The highest BCUT2D eigenvalue weighted by atomic mass is 19.1. The fourth-order valence-electron chi connectivity index (χ4n) is 3.41. The lowest BCUT2D eigenvalue weighted by molar-refractivity contribution is 0.351. The second-order valence-electron chi connectivity index (χ2n) is 7.27. The summed E-state index contributed by atoms with van der Waals surface area (Å²) in [5.74, 6) is -0.587. The highest BCUT2D eigenvalue weighted by molar-refractivity contribution is 5.95. The molecule has 0 saturated heterocycles. The van der Waals surface area contributed by atoms with Crippen LogP contribution in [0.2, 0.25) is 0 Å². The normalized spacial score (nSPS) is 11.6. The number of anilines is 1. The Morgan fingerprint density at radius 2 is 1.86 bits per heavy atom. The minimum Gasteiger partial charge on any atom is -0.493 e. The number of nitrogens with two attached hydrogens (primary N) is 1. The van der Waals surface area contributed by atoms with Crippen molar-refractivity contribution in [2.75, 3.05) is 19.5 Å². The molecule has 0 amide bonds. The standard InChI is InChI=1S/C22H21FN8O4/c1-34-15-9-13(14(23)10-16(15)35-2)17(28-12-5-3-11(4-6-12)18(24)25)19-29-22(33)31(30-19)20-21(32)27-8-7-26-20/h3-10,17,28H,1-2H3,(H3,24,25)(H,27,32)(H,29,30,33). The predicted molar refractivity (Wildman–Crippen MR) is 125 cm³/mol. The number of rotatable bonds is 8. The fourth-order valence-corrected chi connectivity index (χ4v) is 3.41. The number of nitrogens with one attached hydrogen (secondary N) is 4. The maximum atomic E-state index is 15.2. The molecular weight excluding hydrogens is 459 g/mol. The van der Waals surface area contributed by atoms with E-state index in [2.05, 4.69) is 25.4 Å². The highest BCUT2D eigenvalue weighted by Gasteiger charge is 2.26. The van der Waals surface area contributed by atoms with Crippen LogP contribution in [0.1, 0.15) is 23.0 Å². The van der Waals surface area contributed by atoms with Crippen LogP contribution in [-0.2, 0) is 0 Å². The molecule has 0 aliphatic carbocycles. The monoisotopic (exact) mass is 480 g/mol. The molecule has 13 heteroatoms. The number of aromatic amines is 2. The van der Waals surface area contributed by atoms with Crippen molar-refractivity contribution in [2.24, 2.45) is 5.73 Å². The second-order valence-corrected chi connectivity index (χ2v) is 7.27. The summed E-state index contributed by atoms with van der Waals surface area (Å²) in [5.41, 5.74) is 5.23. The van der Waals surface area contributed by atoms with Crippen LogP contribution in [0.15, 0.2) is 58.4 Å². The topological polar surface area (TPSA) is 177 Å². The SMILES string of the molecule is COc1cc(F)c(C(Nc2ccc(C(=N)N)cc2)c2nn(-c3ncc[nH]c3=O)c(=O)[nH]2)cc1OC. The smallest absolute Gasteiger partial charge is 0.349 e. The van der Waals surface area contributed by atoms with Gasteiger partial charge in [0.15, 0.2) is 17.3 Å². The van der Waals surface area contributed by atoms with Crippen LogP contribution in [0.25, 0.3) is 5.82 Å². The van der Waals surface area contributed by atoms with Gasteiger partial charge in [0, 0.05) is 35.3 Å². The maximum absolute atomic E-state index is 15.2. The Morgan fingerprint density at radius 1 is 1.17 bits per heavy atom. The van der Waals surface area contributed by atoms with E-state index in [0.717, 1.165) is 10.7 Å². The van der Waals surface area contributed by atoms with E-state index in [1.165, 1.54) is 32.7 Å². The van der Waals surface area contributed by atoms with Gasteiger partial charge in [0.25, 0.3) is 5.56 Å². The molecule has 4 rings (SSSR count). The summed E-state index contributed by atoms with van der Waals surface area (Å²) in [4.78, 5) is 33.7. The molecule has 6 N–H and O–H groups in total. The number of nitrogen functional groups attached to an aromatic ring is 1. The van der Waals surface area contributed by atoms with Gasteiger partial charge in [-0.2, -0.15) is 4.68 Å². The van der Waals surface area contributed by atoms with Crippen molar-refractivity contribution in [1.82, 2.24) is 24.7 Å². The second kappa shape index (κ2) is 9.51. The first-order chi connectivity index (χ1) is 16.8. The minimum atomic E-state index is -1.03. The van der Waals surface area contributed by atoms with Gasteiger partial charge in [-0.3, -0.25) is 15.2 Å². The molecule has 0 saturated carbocycles. The van der Waals surface area contributed by atoms with Crippen molar-refractivity contribution in [3.63, 3.8) is 0 Å². The molecule has 2 aromatic carbocycles. The first kappa shape index (κ1) is 23.2. The molecule has 4 aromatic rings. The molecular formula is C22H21FN8O4. The highest BCUT2D eigenvalue weighted by Crippen LogP contribution is 2.35. The number of hydrogen-bond donors (Lipinski definition) is 5. The van der Waals surface area contributed by atoms with E-state index in [1.807, 2.05) is 0 Å². The van der Waals surface area contributed by atoms with Crippen LogP contribution in [0, 0.1) is 11.2 Å². The number of ether oxygens (including phenoxy) is 2. The summed E-state index contributed by atoms with van der Waals surface area (Å²) >= 11 is 0. The largest absolute Gasteiger partial charge is 0.493 e. The number of halogens is 1. The number of benzene rings is 2. The number of H-pyrrole nitrogens is 2. The molecule has 0 aliphatic rings. The van der Waals surface area contributed by atoms with Crippen LogP contribution in [-0.4, -0.2) is 44.8 Å². The Kier molecular flexibility index (Phi) is 6.31. The van der Waals surface area contributed by atoms with E-state index in [1.54, 1.807) is 24.3 Å². The Labute approximate surface area is 197 Å². The van der Waals surface area contributed by atoms with E-state index in [4.69, 9.17) is 20.6 Å².